The van der Waals surface area contributed by atoms with Crippen LogP contribution in [0.3, 0.4) is 0 Å². The van der Waals surface area contributed by atoms with Crippen LogP contribution < -0.4 is 43.7 Å². The van der Waals surface area contributed by atoms with Crippen molar-refractivity contribution in [2.45, 2.75) is 152 Å². The van der Waals surface area contributed by atoms with Gasteiger partial charge in [0.25, 0.3) is 0 Å². The van der Waals surface area contributed by atoms with E-state index in [0.717, 1.165) is 45.4 Å². The van der Waals surface area contributed by atoms with Gasteiger partial charge in [-0.2, -0.15) is 0 Å². The topological polar surface area (TPSA) is 339 Å². The standard InChI is InChI=1S/C15H22BFO4.C15H24BFO4.C14H20BFO4.C12H16BFO4.C11H14BFO4.2C10H14BFO4.C9H12BFO4/c1-14(2)15(3,4)21-16(20-14)13-7-6-12(17)8-11(13)9-19-10-18-5;1-11(2)20-16(21-12(3)4)15-7-6-14(17)8-13(15)9-19-10-18-5;1-14(2)8-19-15(20-9-14)13-5-4-12(16)6-11(13)7-18-10-17-3;1-15-9-16-8-10-7-11(14)3-4-12(10)13-17-5-2-6-18-13;1-14-8-15-7-9-6-10(13)2-3-11(9)12-16-4-5-17-12;2*1-14-7-16-6-8-5-9(12)3-4-10(8)11(13)15-2;1-14-6-15-5-7-4-8(11)2-3-9(7)10(12)13/h6-8H,9-10H2,1-5H3;6-8,11-12H,9-10H2,1-5H3;4-6H,7-10H2,1-3H3;3-4,7H,2,5-6,8-9H2,1H3;2-3,6H,4-5,7-8H2,1H3;2*3-5,13H,6-7H2,1-2H3;2-4,12-13H,5-6H2,1H3. The summed E-state index contributed by atoms with van der Waals surface area (Å²) in [6.07, 6.45) is 0.866. The van der Waals surface area contributed by atoms with Gasteiger partial charge in [-0.05, 0) is 247 Å². The van der Waals surface area contributed by atoms with Gasteiger partial charge in [0.1, 0.15) is 101 Å². The molecule has 144 heavy (non-hydrogen) atoms. The summed E-state index contributed by atoms with van der Waals surface area (Å²) in [5.41, 5.74) is 9.32. The van der Waals surface area contributed by atoms with Crippen LogP contribution in [0.25, 0.3) is 0 Å². The molecule has 8 aromatic carbocycles. The summed E-state index contributed by atoms with van der Waals surface area (Å²) >= 11 is 0. The third kappa shape index (κ3) is 46.7. The zero-order valence-corrected chi connectivity index (χ0v) is 85.6. The van der Waals surface area contributed by atoms with E-state index in [4.69, 9.17) is 137 Å². The lowest BCUT2D eigenvalue weighted by molar-refractivity contribution is -0.0391. The molecule has 792 valence electrons. The minimum Gasteiger partial charge on any atom is -0.423 e. The third-order valence-corrected chi connectivity index (χ3v) is 20.8. The van der Waals surface area contributed by atoms with Crippen LogP contribution in [0.4, 0.5) is 35.1 Å². The molecular formula is C96H136B8F8O32. The van der Waals surface area contributed by atoms with Crippen LogP contribution in [0.15, 0.2) is 146 Å². The van der Waals surface area contributed by atoms with Crippen molar-refractivity contribution in [3.8, 4) is 0 Å². The Morgan fingerprint density at radius 2 is 0.514 bits per heavy atom. The smallest absolute Gasteiger partial charge is 0.423 e. The summed E-state index contributed by atoms with van der Waals surface area (Å²) < 4.78 is 252. The highest BCUT2D eigenvalue weighted by Gasteiger charge is 2.52. The summed E-state index contributed by atoms with van der Waals surface area (Å²) in [5.74, 6) is -2.76. The first kappa shape index (κ1) is 127. The molecular weight excluding hydrogens is 1900 g/mol. The lowest BCUT2D eigenvalue weighted by Crippen LogP contribution is -2.48. The molecule has 4 aliphatic heterocycles. The maximum atomic E-state index is 13.5. The highest BCUT2D eigenvalue weighted by molar-refractivity contribution is 6.64. The van der Waals surface area contributed by atoms with Crippen molar-refractivity contribution >= 4 is 101 Å². The highest BCUT2D eigenvalue weighted by Crippen LogP contribution is 2.37. The Labute approximate surface area is 842 Å². The molecule has 4 fully saturated rings. The van der Waals surface area contributed by atoms with Crippen molar-refractivity contribution in [1.29, 1.82) is 0 Å². The Hall–Kier alpha value is -7.56. The Morgan fingerprint density at radius 1 is 0.292 bits per heavy atom. The molecule has 0 aliphatic carbocycles. The maximum Gasteiger partial charge on any atom is 0.495 e. The fourth-order valence-electron chi connectivity index (χ4n) is 13.3. The normalized spacial score (nSPS) is 14.4. The average molecular weight is 2040 g/mol. The first-order chi connectivity index (χ1) is 68.9. The second kappa shape index (κ2) is 69.7. The monoisotopic (exact) mass is 2040 g/mol. The third-order valence-electron chi connectivity index (χ3n) is 20.8. The van der Waals surface area contributed by atoms with Gasteiger partial charge in [-0.1, -0.05) is 62.4 Å². The largest absolute Gasteiger partial charge is 0.495 e. The predicted molar refractivity (Wildman–Crippen MR) is 527 cm³/mol. The Morgan fingerprint density at radius 3 is 0.778 bits per heavy atom. The van der Waals surface area contributed by atoms with Crippen molar-refractivity contribution in [2.24, 2.45) is 5.41 Å². The van der Waals surface area contributed by atoms with Crippen LogP contribution in [0, 0.1) is 52.0 Å². The van der Waals surface area contributed by atoms with E-state index in [1.165, 1.54) is 152 Å². The maximum absolute atomic E-state index is 13.5. The number of benzene rings is 8. The number of rotatable bonds is 46. The summed E-state index contributed by atoms with van der Waals surface area (Å²) in [6.45, 7) is 26.2. The van der Waals surface area contributed by atoms with Crippen molar-refractivity contribution in [3.63, 3.8) is 0 Å². The zero-order valence-electron chi connectivity index (χ0n) is 85.6. The molecule has 8 aromatic rings. The minimum absolute atomic E-state index is 0.00322. The van der Waals surface area contributed by atoms with Crippen LogP contribution >= 0.6 is 0 Å². The second-order valence-electron chi connectivity index (χ2n) is 34.2. The molecule has 4 heterocycles. The Balaban J connectivity index is 0.000000291. The Bertz CT molecular complexity index is 4740. The predicted octanol–water partition coefficient (Wildman–Crippen LogP) is 8.40. The molecule has 4 saturated heterocycles. The summed E-state index contributed by atoms with van der Waals surface area (Å²) in [5, 5.41) is 37.0. The molecule has 0 saturated carbocycles. The fourth-order valence-corrected chi connectivity index (χ4v) is 13.3. The second-order valence-corrected chi connectivity index (χ2v) is 34.2. The molecule has 0 atom stereocenters. The van der Waals surface area contributed by atoms with Gasteiger partial charge in [0.2, 0.25) is 0 Å². The van der Waals surface area contributed by atoms with E-state index in [-0.39, 0.29) is 171 Å². The van der Waals surface area contributed by atoms with Crippen molar-refractivity contribution in [2.75, 3.05) is 165 Å². The number of halogens is 8. The molecule has 32 nitrogen and oxygen atoms in total. The van der Waals surface area contributed by atoms with Crippen molar-refractivity contribution in [3.05, 3.63) is 237 Å². The van der Waals surface area contributed by atoms with E-state index in [1.54, 1.807) is 58.8 Å². The Kier molecular flexibility index (Phi) is 61.4. The van der Waals surface area contributed by atoms with E-state index in [9.17, 15) is 45.2 Å². The van der Waals surface area contributed by atoms with Gasteiger partial charge in [0.15, 0.2) is 0 Å². The lowest BCUT2D eigenvalue weighted by Gasteiger charge is -2.33. The van der Waals surface area contributed by atoms with Crippen LogP contribution in [-0.4, -0.2) is 266 Å². The summed E-state index contributed by atoms with van der Waals surface area (Å²) in [7, 11) is 8.71. The van der Waals surface area contributed by atoms with E-state index in [0.29, 0.717) is 89.5 Å². The van der Waals surface area contributed by atoms with Gasteiger partial charge in [-0.25, -0.2) is 35.1 Å². The first-order valence-corrected chi connectivity index (χ1v) is 45.8. The van der Waals surface area contributed by atoms with Crippen molar-refractivity contribution in [1.82, 2.24) is 0 Å². The molecule has 12 rings (SSSR count). The number of methoxy groups -OCH3 is 8. The number of hydrogen-bond donors (Lipinski definition) is 4. The van der Waals surface area contributed by atoms with Crippen molar-refractivity contribution < 1.29 is 187 Å². The molecule has 4 N–H and O–H groups in total. The van der Waals surface area contributed by atoms with Crippen LogP contribution in [0.2, 0.25) is 0 Å². The highest BCUT2D eigenvalue weighted by atomic mass is 19.2. The average Bonchev–Trinajstić information content (AvgIpc) is 1.61. The minimum atomic E-state index is -1.63. The van der Waals surface area contributed by atoms with E-state index < -0.39 is 74.0 Å². The van der Waals surface area contributed by atoms with E-state index >= 15 is 0 Å². The number of ether oxygens (including phenoxy) is 16. The van der Waals surface area contributed by atoms with E-state index in [2.05, 4.69) is 18.6 Å². The summed E-state index contributed by atoms with van der Waals surface area (Å²) in [4.78, 5) is 0. The molecule has 4 aliphatic rings. The molecule has 0 spiro atoms. The molecule has 0 radical (unpaired) electrons. The summed E-state index contributed by atoms with van der Waals surface area (Å²) in [6, 6.07) is 34.3. The zero-order chi connectivity index (χ0) is 106. The van der Waals surface area contributed by atoms with Gasteiger partial charge in [-0.3, -0.25) is 0 Å². The van der Waals surface area contributed by atoms with E-state index in [1.807, 2.05) is 55.4 Å². The first-order valence-electron chi connectivity index (χ1n) is 45.8. The lowest BCUT2D eigenvalue weighted by atomic mass is 9.73. The van der Waals surface area contributed by atoms with Crippen LogP contribution in [0.1, 0.15) is 120 Å². The quantitative estimate of drug-likeness (QED) is 0.0120. The van der Waals surface area contributed by atoms with Gasteiger partial charge < -0.3 is 152 Å². The van der Waals surface area contributed by atoms with Gasteiger partial charge in [0, 0.05) is 115 Å². The molecule has 0 amide bonds. The molecule has 48 heteroatoms. The fraction of sp³-hybridized carbons (Fsp3) is 0.500. The molecule has 0 bridgehead atoms. The van der Waals surface area contributed by atoms with Gasteiger partial charge in [0.05, 0.1) is 77.3 Å². The van der Waals surface area contributed by atoms with Crippen LogP contribution in [-0.2, 0) is 184 Å². The molecule has 0 aromatic heterocycles. The number of hydrogen-bond acceptors (Lipinski definition) is 32. The molecule has 0 unspecified atom stereocenters. The van der Waals surface area contributed by atoms with Crippen LogP contribution in [0.5, 0.6) is 0 Å². The van der Waals surface area contributed by atoms with Gasteiger partial charge in [-0.15, -0.1) is 0 Å². The SMILES string of the molecule is COCOCc1cc(F)ccc1B(O)O.COCOCc1cc(F)ccc1B(O)OC.COCOCc1cc(F)ccc1B(O)OC.COCOCc1cc(F)ccc1B(OC(C)C)OC(C)C.COCOCc1cc(F)ccc1B1OC(C)(C)C(C)(C)O1.COCOCc1cc(F)ccc1B1OCC(C)(C)CO1.COCOCc1cc(F)ccc1B1OCCCO1.COCOCc1cc(F)ccc1B1OCCO1. The van der Waals surface area contributed by atoms with Gasteiger partial charge >= 0.3 is 56.9 Å².